The Hall–Kier alpha value is -1.21. The molecule has 0 unspecified atom stereocenters. The molecule has 0 spiro atoms. The number of rotatable bonds is 5. The summed E-state index contributed by atoms with van der Waals surface area (Å²) in [5, 5.41) is 4.00. The van der Waals surface area contributed by atoms with Gasteiger partial charge in [0.2, 0.25) is 10.0 Å². The number of nitrogens with zero attached hydrogens (tertiary/aromatic N) is 1. The maximum Gasteiger partial charge on any atom is 0.243 e. The maximum atomic E-state index is 13.0. The third kappa shape index (κ3) is 2.60. The predicted molar refractivity (Wildman–Crippen MR) is 85.0 cm³/mol. The minimum Gasteiger partial charge on any atom is -0.372 e. The molecule has 0 saturated heterocycles. The van der Waals surface area contributed by atoms with Gasteiger partial charge < -0.3 is 4.74 Å². The van der Waals surface area contributed by atoms with Crippen LogP contribution in [0.5, 0.6) is 0 Å². The highest BCUT2D eigenvalue weighted by molar-refractivity contribution is 7.89. The number of ether oxygens (including phenoxy) is 1. The van der Waals surface area contributed by atoms with Gasteiger partial charge in [-0.1, -0.05) is 6.07 Å². The number of benzene rings is 1. The lowest BCUT2D eigenvalue weighted by Crippen LogP contribution is -2.32. The van der Waals surface area contributed by atoms with Crippen molar-refractivity contribution in [2.45, 2.75) is 43.5 Å². The van der Waals surface area contributed by atoms with Crippen molar-refractivity contribution in [2.75, 3.05) is 0 Å². The molecule has 4 rings (SSSR count). The molecule has 1 fully saturated rings. The van der Waals surface area contributed by atoms with Crippen LogP contribution in [-0.4, -0.2) is 18.8 Å². The van der Waals surface area contributed by atoms with Gasteiger partial charge in [0.05, 0.1) is 18.1 Å². The zero-order chi connectivity index (χ0) is 15.2. The van der Waals surface area contributed by atoms with Crippen LogP contribution in [-0.2, 0) is 34.5 Å². The summed E-state index contributed by atoms with van der Waals surface area (Å²) in [5.41, 5.74) is 3.15. The third-order valence-electron chi connectivity index (χ3n) is 4.17. The zero-order valence-corrected chi connectivity index (χ0v) is 13.7. The van der Waals surface area contributed by atoms with Crippen molar-refractivity contribution in [1.29, 1.82) is 0 Å². The second kappa shape index (κ2) is 5.45. The minimum atomic E-state index is -3.45. The van der Waals surface area contributed by atoms with Gasteiger partial charge in [-0.25, -0.2) is 8.42 Å². The Balaban J connectivity index is 1.68. The fourth-order valence-electron chi connectivity index (χ4n) is 2.78. The monoisotopic (exact) mass is 335 g/mol. The first kappa shape index (κ1) is 14.4. The summed E-state index contributed by atoms with van der Waals surface area (Å²) in [7, 11) is -3.45. The average Bonchev–Trinajstić information content (AvgIpc) is 3.02. The van der Waals surface area contributed by atoms with Gasteiger partial charge in [-0.2, -0.15) is 15.6 Å². The lowest BCUT2D eigenvalue weighted by atomic mass is 10.1. The molecule has 0 radical (unpaired) electrons. The van der Waals surface area contributed by atoms with Crippen molar-refractivity contribution >= 4 is 21.4 Å². The molecular formula is C16H17NO3S2. The number of sulfonamides is 1. The van der Waals surface area contributed by atoms with E-state index in [1.807, 2.05) is 22.9 Å². The van der Waals surface area contributed by atoms with E-state index in [0.29, 0.717) is 24.7 Å². The van der Waals surface area contributed by atoms with Gasteiger partial charge in [0.1, 0.15) is 0 Å². The van der Waals surface area contributed by atoms with Gasteiger partial charge in [0.25, 0.3) is 0 Å². The number of hydrogen-bond acceptors (Lipinski definition) is 4. The molecule has 6 heteroatoms. The van der Waals surface area contributed by atoms with Gasteiger partial charge in [-0.05, 0) is 58.5 Å². The van der Waals surface area contributed by atoms with Crippen LogP contribution in [0.1, 0.15) is 29.5 Å². The van der Waals surface area contributed by atoms with Gasteiger partial charge in [0.15, 0.2) is 0 Å². The fraction of sp³-hybridized carbons (Fsp3) is 0.375. The van der Waals surface area contributed by atoms with Crippen LogP contribution in [0.25, 0.3) is 0 Å². The highest BCUT2D eigenvalue weighted by Crippen LogP contribution is 2.34. The molecule has 0 bridgehead atoms. The number of hydrogen-bond donors (Lipinski definition) is 0. The van der Waals surface area contributed by atoms with Crippen LogP contribution >= 0.6 is 11.3 Å². The molecule has 0 N–H and O–H groups in total. The van der Waals surface area contributed by atoms with E-state index >= 15 is 0 Å². The summed E-state index contributed by atoms with van der Waals surface area (Å²) < 4.78 is 33.1. The molecule has 1 aromatic carbocycles. The highest BCUT2D eigenvalue weighted by atomic mass is 32.2. The summed E-state index contributed by atoms with van der Waals surface area (Å²) >= 11 is 1.60. The van der Waals surface area contributed by atoms with Crippen molar-refractivity contribution in [3.8, 4) is 0 Å². The van der Waals surface area contributed by atoms with E-state index < -0.39 is 10.0 Å². The first-order valence-corrected chi connectivity index (χ1v) is 9.75. The molecule has 1 saturated carbocycles. The molecule has 116 valence electrons. The van der Waals surface area contributed by atoms with Crippen LogP contribution in [0.3, 0.4) is 0 Å². The Morgan fingerprint density at radius 3 is 2.73 bits per heavy atom. The van der Waals surface area contributed by atoms with Crippen LogP contribution in [0.2, 0.25) is 0 Å². The van der Waals surface area contributed by atoms with E-state index in [1.54, 1.807) is 27.8 Å². The van der Waals surface area contributed by atoms with E-state index in [4.69, 9.17) is 4.74 Å². The maximum absolute atomic E-state index is 13.0. The second-order valence-electron chi connectivity index (χ2n) is 5.84. The molecule has 4 nitrogen and oxygen atoms in total. The fourth-order valence-corrected chi connectivity index (χ4v) is 5.16. The smallest absolute Gasteiger partial charge is 0.243 e. The van der Waals surface area contributed by atoms with Crippen LogP contribution in [0.15, 0.2) is 39.9 Å². The summed E-state index contributed by atoms with van der Waals surface area (Å²) in [5.74, 6) is 0. The lowest BCUT2D eigenvalue weighted by Gasteiger charge is -2.22. The van der Waals surface area contributed by atoms with Crippen molar-refractivity contribution in [1.82, 2.24) is 4.31 Å². The van der Waals surface area contributed by atoms with E-state index in [9.17, 15) is 8.42 Å². The zero-order valence-electron chi connectivity index (χ0n) is 12.1. The Kier molecular flexibility index (Phi) is 3.57. The van der Waals surface area contributed by atoms with Crippen LogP contribution < -0.4 is 0 Å². The van der Waals surface area contributed by atoms with E-state index in [-0.39, 0.29) is 6.04 Å². The molecule has 2 heterocycles. The van der Waals surface area contributed by atoms with Crippen molar-refractivity contribution in [2.24, 2.45) is 0 Å². The molecule has 2 aliphatic rings. The molecule has 22 heavy (non-hydrogen) atoms. The van der Waals surface area contributed by atoms with Crippen molar-refractivity contribution in [3.63, 3.8) is 0 Å². The summed E-state index contributed by atoms with van der Waals surface area (Å²) in [6.07, 6.45) is 1.91. The van der Waals surface area contributed by atoms with E-state index in [2.05, 4.69) is 0 Å². The number of fused-ring (bicyclic) bond motifs is 1. The lowest BCUT2D eigenvalue weighted by molar-refractivity contribution is 0.134. The van der Waals surface area contributed by atoms with Gasteiger partial charge in [-0.15, -0.1) is 0 Å². The predicted octanol–water partition coefficient (Wildman–Crippen LogP) is 3.13. The van der Waals surface area contributed by atoms with Crippen LogP contribution in [0.4, 0.5) is 0 Å². The number of thiophene rings is 1. The molecule has 0 atom stereocenters. The normalized spacial score (nSPS) is 17.9. The first-order valence-electron chi connectivity index (χ1n) is 7.37. The Bertz CT molecular complexity index is 780. The Morgan fingerprint density at radius 2 is 2.00 bits per heavy atom. The third-order valence-corrected chi connectivity index (χ3v) is 6.80. The van der Waals surface area contributed by atoms with E-state index in [0.717, 1.165) is 29.5 Å². The van der Waals surface area contributed by atoms with Gasteiger partial charge in [-0.3, -0.25) is 0 Å². The Morgan fingerprint density at radius 1 is 1.18 bits per heavy atom. The molecule has 1 aliphatic carbocycles. The summed E-state index contributed by atoms with van der Waals surface area (Å²) in [4.78, 5) is 0.388. The van der Waals surface area contributed by atoms with Crippen molar-refractivity contribution < 1.29 is 13.2 Å². The molecule has 2 aromatic rings. The topological polar surface area (TPSA) is 46.6 Å². The minimum absolute atomic E-state index is 0.148. The standard InChI is InChI=1S/C16H17NO3S2/c18-22(19,16-4-1-13-9-20-10-14(13)7-16)17(15-2-3-15)8-12-5-6-21-11-12/h1,4-7,11,15H,2-3,8-10H2. The van der Waals surface area contributed by atoms with E-state index in [1.165, 1.54) is 0 Å². The molecular weight excluding hydrogens is 318 g/mol. The van der Waals surface area contributed by atoms with Gasteiger partial charge >= 0.3 is 0 Å². The molecule has 0 amide bonds. The quantitative estimate of drug-likeness (QED) is 0.843. The molecule has 1 aliphatic heterocycles. The highest BCUT2D eigenvalue weighted by Gasteiger charge is 2.38. The Labute approximate surface area is 134 Å². The van der Waals surface area contributed by atoms with Crippen LogP contribution in [0, 0.1) is 0 Å². The SMILES string of the molecule is O=S(=O)(c1ccc2c(c1)COC2)N(Cc1ccsc1)C1CC1. The second-order valence-corrected chi connectivity index (χ2v) is 8.51. The van der Waals surface area contributed by atoms with Gasteiger partial charge in [0, 0.05) is 12.6 Å². The van der Waals surface area contributed by atoms with Crippen molar-refractivity contribution in [3.05, 3.63) is 51.7 Å². The summed E-state index contributed by atoms with van der Waals surface area (Å²) in [6.45, 7) is 1.55. The average molecular weight is 335 g/mol. The summed E-state index contributed by atoms with van der Waals surface area (Å²) in [6, 6.07) is 7.51. The first-order chi connectivity index (χ1) is 10.6. The largest absolute Gasteiger partial charge is 0.372 e. The molecule has 1 aromatic heterocycles.